The second-order valence-corrected chi connectivity index (χ2v) is 6.09. The standard InChI is InChI=1S/C18H24N2O/c19-10-2-3-15-6-8-18(9-7-15)21-12-11-20-13-16-4-1-5-17(16)14-20/h6-9,16-17H,1,4-5,10-14,19H2. The summed E-state index contributed by atoms with van der Waals surface area (Å²) in [5, 5.41) is 0. The van der Waals surface area contributed by atoms with E-state index >= 15 is 0 Å². The highest BCUT2D eigenvalue weighted by Gasteiger charge is 2.35. The zero-order chi connectivity index (χ0) is 14.5. The predicted molar refractivity (Wildman–Crippen MR) is 85.1 cm³/mol. The van der Waals surface area contributed by atoms with Crippen LogP contribution < -0.4 is 10.5 Å². The lowest BCUT2D eigenvalue weighted by Gasteiger charge is -2.17. The molecule has 3 rings (SSSR count). The molecule has 1 aliphatic heterocycles. The number of benzene rings is 1. The Balaban J connectivity index is 1.41. The Morgan fingerprint density at radius 1 is 1.14 bits per heavy atom. The molecule has 0 spiro atoms. The van der Waals surface area contributed by atoms with E-state index in [9.17, 15) is 0 Å². The van der Waals surface area contributed by atoms with Crippen LogP contribution in [0.25, 0.3) is 0 Å². The lowest BCUT2D eigenvalue weighted by atomic mass is 10.0. The van der Waals surface area contributed by atoms with E-state index in [1.807, 2.05) is 24.3 Å². The molecular formula is C18H24N2O. The van der Waals surface area contributed by atoms with Crippen LogP contribution >= 0.6 is 0 Å². The maximum atomic E-state index is 5.83. The lowest BCUT2D eigenvalue weighted by molar-refractivity contribution is 0.227. The van der Waals surface area contributed by atoms with E-state index in [0.29, 0.717) is 6.54 Å². The predicted octanol–water partition coefficient (Wildman–Crippen LogP) is 2.11. The number of ether oxygens (including phenoxy) is 1. The number of fused-ring (bicyclic) bond motifs is 1. The molecule has 0 bridgehead atoms. The number of hydrogen-bond acceptors (Lipinski definition) is 3. The highest BCUT2D eigenvalue weighted by atomic mass is 16.5. The largest absolute Gasteiger partial charge is 0.492 e. The summed E-state index contributed by atoms with van der Waals surface area (Å²) in [5.41, 5.74) is 6.35. The fraction of sp³-hybridized carbons (Fsp3) is 0.556. The van der Waals surface area contributed by atoms with Gasteiger partial charge >= 0.3 is 0 Å². The van der Waals surface area contributed by atoms with E-state index in [-0.39, 0.29) is 0 Å². The highest BCUT2D eigenvalue weighted by Crippen LogP contribution is 2.37. The van der Waals surface area contributed by atoms with Gasteiger partial charge in [-0.05, 0) is 48.9 Å². The van der Waals surface area contributed by atoms with Crippen LogP contribution in [0.5, 0.6) is 5.75 Å². The topological polar surface area (TPSA) is 38.5 Å². The van der Waals surface area contributed by atoms with Crippen molar-refractivity contribution in [3.05, 3.63) is 29.8 Å². The molecule has 2 unspecified atom stereocenters. The quantitative estimate of drug-likeness (QED) is 0.861. The maximum Gasteiger partial charge on any atom is 0.119 e. The molecule has 0 radical (unpaired) electrons. The summed E-state index contributed by atoms with van der Waals surface area (Å²) >= 11 is 0. The average Bonchev–Trinajstić information content (AvgIpc) is 3.08. The Morgan fingerprint density at radius 2 is 1.86 bits per heavy atom. The van der Waals surface area contributed by atoms with Crippen LogP contribution in [0.2, 0.25) is 0 Å². The fourth-order valence-corrected chi connectivity index (χ4v) is 3.59. The molecular weight excluding hydrogens is 260 g/mol. The third kappa shape index (κ3) is 3.78. The molecule has 2 atom stereocenters. The molecule has 1 heterocycles. The molecule has 21 heavy (non-hydrogen) atoms. The van der Waals surface area contributed by atoms with Gasteiger partial charge in [0, 0.05) is 25.2 Å². The first-order valence-electron chi connectivity index (χ1n) is 7.99. The molecule has 1 aromatic rings. The normalized spacial score (nSPS) is 24.4. The van der Waals surface area contributed by atoms with Crippen LogP contribution in [0.3, 0.4) is 0 Å². The minimum Gasteiger partial charge on any atom is -0.492 e. The summed E-state index contributed by atoms with van der Waals surface area (Å²) in [6.07, 6.45) is 4.32. The number of nitrogens with zero attached hydrogens (tertiary/aromatic N) is 1. The minimum atomic E-state index is 0.399. The number of rotatable bonds is 4. The van der Waals surface area contributed by atoms with Crippen molar-refractivity contribution >= 4 is 0 Å². The fourth-order valence-electron chi connectivity index (χ4n) is 3.59. The number of likely N-dealkylation sites (tertiary alicyclic amines) is 1. The van der Waals surface area contributed by atoms with E-state index in [4.69, 9.17) is 10.5 Å². The van der Waals surface area contributed by atoms with Gasteiger partial charge in [-0.15, -0.1) is 0 Å². The van der Waals surface area contributed by atoms with E-state index in [1.165, 1.54) is 32.4 Å². The summed E-state index contributed by atoms with van der Waals surface area (Å²) in [7, 11) is 0. The van der Waals surface area contributed by atoms with E-state index < -0.39 is 0 Å². The van der Waals surface area contributed by atoms with Crippen molar-refractivity contribution in [3.8, 4) is 17.6 Å². The van der Waals surface area contributed by atoms with Gasteiger partial charge in [-0.25, -0.2) is 0 Å². The third-order valence-corrected chi connectivity index (χ3v) is 4.67. The van der Waals surface area contributed by atoms with Gasteiger partial charge in [-0.1, -0.05) is 18.3 Å². The molecule has 112 valence electrons. The van der Waals surface area contributed by atoms with Gasteiger partial charge in [0.05, 0.1) is 6.54 Å². The van der Waals surface area contributed by atoms with Crippen LogP contribution in [-0.2, 0) is 0 Å². The summed E-state index contributed by atoms with van der Waals surface area (Å²) in [4.78, 5) is 2.57. The second-order valence-electron chi connectivity index (χ2n) is 6.09. The Bertz CT molecular complexity index is 502. The van der Waals surface area contributed by atoms with Crippen LogP contribution in [-0.4, -0.2) is 37.7 Å². The molecule has 3 nitrogen and oxygen atoms in total. The lowest BCUT2D eigenvalue weighted by Crippen LogP contribution is -2.27. The first kappa shape index (κ1) is 14.4. The van der Waals surface area contributed by atoms with E-state index in [2.05, 4.69) is 16.7 Å². The molecule has 1 saturated heterocycles. The zero-order valence-corrected chi connectivity index (χ0v) is 12.6. The molecule has 2 fully saturated rings. The molecule has 1 saturated carbocycles. The monoisotopic (exact) mass is 284 g/mol. The van der Waals surface area contributed by atoms with Crippen molar-refractivity contribution in [1.29, 1.82) is 0 Å². The van der Waals surface area contributed by atoms with Gasteiger partial charge in [-0.2, -0.15) is 0 Å². The van der Waals surface area contributed by atoms with Crippen LogP contribution in [0, 0.1) is 23.7 Å². The van der Waals surface area contributed by atoms with Crippen molar-refractivity contribution < 1.29 is 4.74 Å². The molecule has 1 aromatic carbocycles. The van der Waals surface area contributed by atoms with Crippen molar-refractivity contribution in [2.24, 2.45) is 17.6 Å². The maximum absolute atomic E-state index is 5.83. The Labute approximate surface area is 127 Å². The molecule has 1 aliphatic carbocycles. The van der Waals surface area contributed by atoms with Gasteiger partial charge in [0.15, 0.2) is 0 Å². The van der Waals surface area contributed by atoms with Crippen LogP contribution in [0.4, 0.5) is 0 Å². The summed E-state index contributed by atoms with van der Waals surface area (Å²) in [6, 6.07) is 7.94. The second kappa shape index (κ2) is 6.98. The number of hydrogen-bond donors (Lipinski definition) is 1. The number of nitrogens with two attached hydrogens (primary N) is 1. The summed E-state index contributed by atoms with van der Waals surface area (Å²) in [6.45, 7) is 4.77. The van der Waals surface area contributed by atoms with E-state index in [1.54, 1.807) is 0 Å². The minimum absolute atomic E-state index is 0.399. The van der Waals surface area contributed by atoms with Gasteiger partial charge < -0.3 is 10.5 Å². The zero-order valence-electron chi connectivity index (χ0n) is 12.6. The van der Waals surface area contributed by atoms with E-state index in [0.717, 1.165) is 36.3 Å². The Hall–Kier alpha value is -1.50. The van der Waals surface area contributed by atoms with Gasteiger partial charge in [0.2, 0.25) is 0 Å². The van der Waals surface area contributed by atoms with Crippen LogP contribution in [0.1, 0.15) is 24.8 Å². The smallest absolute Gasteiger partial charge is 0.119 e. The van der Waals surface area contributed by atoms with Gasteiger partial charge in [-0.3, -0.25) is 4.90 Å². The average molecular weight is 284 g/mol. The first-order valence-corrected chi connectivity index (χ1v) is 7.99. The van der Waals surface area contributed by atoms with Crippen molar-refractivity contribution in [1.82, 2.24) is 4.90 Å². The first-order chi connectivity index (χ1) is 10.3. The van der Waals surface area contributed by atoms with Crippen molar-refractivity contribution in [2.45, 2.75) is 19.3 Å². The van der Waals surface area contributed by atoms with Crippen molar-refractivity contribution in [3.63, 3.8) is 0 Å². The summed E-state index contributed by atoms with van der Waals surface area (Å²) in [5.74, 6) is 8.72. The van der Waals surface area contributed by atoms with Gasteiger partial charge in [0.1, 0.15) is 12.4 Å². The Kier molecular flexibility index (Phi) is 4.80. The molecule has 2 N–H and O–H groups in total. The Morgan fingerprint density at radius 3 is 2.52 bits per heavy atom. The molecule has 0 aromatic heterocycles. The third-order valence-electron chi connectivity index (χ3n) is 4.67. The summed E-state index contributed by atoms with van der Waals surface area (Å²) < 4.78 is 5.83. The SMILES string of the molecule is NCC#Cc1ccc(OCCN2CC3CCCC3C2)cc1. The molecule has 2 aliphatic rings. The van der Waals surface area contributed by atoms with Gasteiger partial charge in [0.25, 0.3) is 0 Å². The molecule has 0 amide bonds. The highest BCUT2D eigenvalue weighted by molar-refractivity contribution is 5.38. The molecule has 3 heteroatoms. The van der Waals surface area contributed by atoms with Crippen LogP contribution in [0.15, 0.2) is 24.3 Å². The van der Waals surface area contributed by atoms with Crippen molar-refractivity contribution in [2.75, 3.05) is 32.8 Å².